The zero-order valence-electron chi connectivity index (χ0n) is 16.3. The van der Waals surface area contributed by atoms with Crippen LogP contribution in [0.4, 0.5) is 0 Å². The number of aromatic nitrogens is 3. The van der Waals surface area contributed by atoms with Crippen LogP contribution in [0.1, 0.15) is 25.2 Å². The van der Waals surface area contributed by atoms with E-state index in [9.17, 15) is 0 Å². The number of aryl methyl sites for hydroxylation is 1. The zero-order chi connectivity index (χ0) is 18.8. The lowest BCUT2D eigenvalue weighted by Gasteiger charge is -2.25. The smallest absolute Gasteiger partial charge is 0.191 e. The Labute approximate surface area is 156 Å². The fourth-order valence-electron chi connectivity index (χ4n) is 2.68. The van der Waals surface area contributed by atoms with Gasteiger partial charge < -0.3 is 15.2 Å². The predicted molar refractivity (Wildman–Crippen MR) is 106 cm³/mol. The van der Waals surface area contributed by atoms with E-state index in [0.717, 1.165) is 44.4 Å². The van der Waals surface area contributed by atoms with Crippen LogP contribution in [0.3, 0.4) is 0 Å². The minimum Gasteiger partial charge on any atom is -0.355 e. The van der Waals surface area contributed by atoms with Crippen LogP contribution in [0.25, 0.3) is 0 Å². The Kier molecular flexibility index (Phi) is 8.08. The summed E-state index contributed by atoms with van der Waals surface area (Å²) >= 11 is 0. The van der Waals surface area contributed by atoms with E-state index in [0.29, 0.717) is 6.04 Å². The quantitative estimate of drug-likeness (QED) is 0.526. The topological polar surface area (TPSA) is 70.4 Å². The Balaban J connectivity index is 1.72. The normalized spacial score (nSPS) is 13.0. The molecule has 7 nitrogen and oxygen atoms in total. The molecule has 7 heteroatoms. The Bertz CT molecular complexity index is 666. The first kappa shape index (κ1) is 19.9. The molecule has 0 saturated carbocycles. The highest BCUT2D eigenvalue weighted by molar-refractivity contribution is 5.79. The molecule has 1 aromatic carbocycles. The van der Waals surface area contributed by atoms with Crippen LogP contribution in [-0.4, -0.2) is 58.9 Å². The van der Waals surface area contributed by atoms with Crippen molar-refractivity contribution >= 4 is 5.96 Å². The van der Waals surface area contributed by atoms with Gasteiger partial charge in [0, 0.05) is 45.7 Å². The van der Waals surface area contributed by atoms with Crippen molar-refractivity contribution in [2.45, 2.75) is 39.4 Å². The van der Waals surface area contributed by atoms with E-state index in [4.69, 9.17) is 0 Å². The molecule has 142 valence electrons. The molecule has 1 unspecified atom stereocenters. The van der Waals surface area contributed by atoms with Crippen molar-refractivity contribution in [3.63, 3.8) is 0 Å². The van der Waals surface area contributed by atoms with E-state index in [-0.39, 0.29) is 0 Å². The minimum absolute atomic E-state index is 0.387. The third-order valence-corrected chi connectivity index (χ3v) is 4.47. The van der Waals surface area contributed by atoms with Gasteiger partial charge >= 0.3 is 0 Å². The second-order valence-electron chi connectivity index (χ2n) is 6.42. The van der Waals surface area contributed by atoms with Crippen molar-refractivity contribution in [3.05, 3.63) is 48.0 Å². The highest BCUT2D eigenvalue weighted by atomic mass is 15.3. The van der Waals surface area contributed by atoms with E-state index in [1.165, 1.54) is 5.56 Å². The summed E-state index contributed by atoms with van der Waals surface area (Å²) in [5, 5.41) is 14.8. The number of nitrogens with zero attached hydrogens (tertiary/aromatic N) is 5. The fraction of sp³-hybridized carbons (Fsp3) is 0.526. The monoisotopic (exact) mass is 357 g/mol. The molecule has 0 aliphatic rings. The van der Waals surface area contributed by atoms with Crippen molar-refractivity contribution < 1.29 is 0 Å². The van der Waals surface area contributed by atoms with Crippen LogP contribution in [0.15, 0.2) is 41.7 Å². The highest BCUT2D eigenvalue weighted by Gasteiger charge is 2.10. The average molecular weight is 358 g/mol. The fourth-order valence-corrected chi connectivity index (χ4v) is 2.68. The summed E-state index contributed by atoms with van der Waals surface area (Å²) in [4.78, 5) is 6.63. The summed E-state index contributed by atoms with van der Waals surface area (Å²) in [6.07, 6.45) is 2.66. The molecule has 0 bridgehead atoms. The molecule has 0 saturated heterocycles. The molecule has 0 amide bonds. The van der Waals surface area contributed by atoms with Gasteiger partial charge in [-0.2, -0.15) is 0 Å². The Morgan fingerprint density at radius 2 is 2.04 bits per heavy atom. The largest absolute Gasteiger partial charge is 0.355 e. The highest BCUT2D eigenvalue weighted by Crippen LogP contribution is 2.05. The van der Waals surface area contributed by atoms with E-state index in [2.05, 4.69) is 80.5 Å². The molecular weight excluding hydrogens is 326 g/mol. The lowest BCUT2D eigenvalue weighted by atomic mass is 10.2. The van der Waals surface area contributed by atoms with Gasteiger partial charge in [0.25, 0.3) is 0 Å². The lowest BCUT2D eigenvalue weighted by molar-refractivity contribution is 0.249. The number of likely N-dealkylation sites (N-methyl/N-ethyl adjacent to an activating group) is 1. The number of benzene rings is 1. The standard InChI is InChI=1S/C19H31N7/c1-5-18-24-23-15-26(18)12-11-21-19(20-3)22-13-16(2)25(4)14-17-9-7-6-8-10-17/h6-10,15-16H,5,11-14H2,1-4H3,(H2,20,21,22). The summed E-state index contributed by atoms with van der Waals surface area (Å²) in [7, 11) is 3.94. The van der Waals surface area contributed by atoms with Crippen LogP contribution in [0.5, 0.6) is 0 Å². The van der Waals surface area contributed by atoms with E-state index < -0.39 is 0 Å². The summed E-state index contributed by atoms with van der Waals surface area (Å²) in [6.45, 7) is 7.66. The SMILES string of the molecule is CCc1nncn1CCNC(=NC)NCC(C)N(C)Cc1ccccc1. The summed E-state index contributed by atoms with van der Waals surface area (Å²) in [5.41, 5.74) is 1.32. The second kappa shape index (κ2) is 10.6. The molecule has 0 aliphatic carbocycles. The van der Waals surface area contributed by atoms with Crippen LogP contribution >= 0.6 is 0 Å². The van der Waals surface area contributed by atoms with Gasteiger partial charge in [0.15, 0.2) is 5.96 Å². The second-order valence-corrected chi connectivity index (χ2v) is 6.42. The van der Waals surface area contributed by atoms with Gasteiger partial charge in [-0.1, -0.05) is 37.3 Å². The number of guanidine groups is 1. The molecule has 2 N–H and O–H groups in total. The van der Waals surface area contributed by atoms with Crippen LogP contribution in [-0.2, 0) is 19.5 Å². The number of rotatable bonds is 9. The average Bonchev–Trinajstić information content (AvgIpc) is 3.12. The molecular formula is C19H31N7. The van der Waals surface area contributed by atoms with Crippen molar-refractivity contribution in [2.24, 2.45) is 4.99 Å². The minimum atomic E-state index is 0.387. The molecule has 1 atom stereocenters. The van der Waals surface area contributed by atoms with Gasteiger partial charge in [0.05, 0.1) is 0 Å². The number of hydrogen-bond donors (Lipinski definition) is 2. The van der Waals surface area contributed by atoms with Gasteiger partial charge in [-0.3, -0.25) is 9.89 Å². The molecule has 2 aromatic rings. The number of nitrogens with one attached hydrogen (secondary N) is 2. The molecule has 0 fully saturated rings. The maximum absolute atomic E-state index is 4.30. The summed E-state index contributed by atoms with van der Waals surface area (Å²) in [6, 6.07) is 10.9. The van der Waals surface area contributed by atoms with Crippen molar-refractivity contribution in [3.8, 4) is 0 Å². The van der Waals surface area contributed by atoms with Gasteiger partial charge in [-0.25, -0.2) is 0 Å². The molecule has 0 aliphatic heterocycles. The first-order valence-corrected chi connectivity index (χ1v) is 9.19. The maximum Gasteiger partial charge on any atom is 0.191 e. The first-order chi connectivity index (χ1) is 12.6. The first-order valence-electron chi connectivity index (χ1n) is 9.19. The zero-order valence-corrected chi connectivity index (χ0v) is 16.3. The number of aliphatic imine (C=N–C) groups is 1. The predicted octanol–water partition coefficient (Wildman–Crippen LogP) is 1.53. The Hall–Kier alpha value is -2.41. The molecule has 0 radical (unpaired) electrons. The van der Waals surface area contributed by atoms with Crippen molar-refractivity contribution in [2.75, 3.05) is 27.2 Å². The van der Waals surface area contributed by atoms with Gasteiger partial charge in [0.1, 0.15) is 12.2 Å². The summed E-state index contributed by atoms with van der Waals surface area (Å²) in [5.74, 6) is 1.82. The Morgan fingerprint density at radius 3 is 2.73 bits per heavy atom. The van der Waals surface area contributed by atoms with Gasteiger partial charge in [-0.15, -0.1) is 10.2 Å². The van der Waals surface area contributed by atoms with E-state index in [1.54, 1.807) is 13.4 Å². The van der Waals surface area contributed by atoms with E-state index in [1.807, 2.05) is 6.07 Å². The molecule has 1 heterocycles. The lowest BCUT2D eigenvalue weighted by Crippen LogP contribution is -2.45. The van der Waals surface area contributed by atoms with Crippen molar-refractivity contribution in [1.29, 1.82) is 0 Å². The van der Waals surface area contributed by atoms with Crippen LogP contribution in [0.2, 0.25) is 0 Å². The third kappa shape index (κ3) is 6.15. The molecule has 1 aromatic heterocycles. The number of hydrogen-bond acceptors (Lipinski definition) is 4. The van der Waals surface area contributed by atoms with Gasteiger partial charge in [0.2, 0.25) is 0 Å². The van der Waals surface area contributed by atoms with E-state index >= 15 is 0 Å². The van der Waals surface area contributed by atoms with Crippen molar-refractivity contribution in [1.82, 2.24) is 30.3 Å². The Morgan fingerprint density at radius 1 is 1.27 bits per heavy atom. The molecule has 26 heavy (non-hydrogen) atoms. The summed E-state index contributed by atoms with van der Waals surface area (Å²) < 4.78 is 2.07. The molecule has 2 rings (SSSR count). The van der Waals surface area contributed by atoms with Crippen LogP contribution < -0.4 is 10.6 Å². The van der Waals surface area contributed by atoms with Gasteiger partial charge in [-0.05, 0) is 19.5 Å². The maximum atomic E-state index is 4.30. The third-order valence-electron chi connectivity index (χ3n) is 4.47. The van der Waals surface area contributed by atoms with Crippen LogP contribution in [0, 0.1) is 0 Å². The molecule has 0 spiro atoms.